The summed E-state index contributed by atoms with van der Waals surface area (Å²) in [5.41, 5.74) is 1.76. The highest BCUT2D eigenvalue weighted by molar-refractivity contribution is 7.71. The van der Waals surface area contributed by atoms with E-state index in [1.165, 1.54) is 10.9 Å². The van der Waals surface area contributed by atoms with Crippen molar-refractivity contribution in [1.82, 2.24) is 14.9 Å². The molecule has 0 saturated heterocycles. The van der Waals surface area contributed by atoms with Gasteiger partial charge in [-0.1, -0.05) is 54.1 Å². The number of aromatic nitrogens is 3. The van der Waals surface area contributed by atoms with Gasteiger partial charge in [-0.15, -0.1) is 0 Å². The Bertz CT molecular complexity index is 976. The maximum absolute atomic E-state index is 6.25. The van der Waals surface area contributed by atoms with Crippen molar-refractivity contribution in [2.24, 2.45) is 5.10 Å². The van der Waals surface area contributed by atoms with Crippen LogP contribution in [0.15, 0.2) is 64.7 Å². The van der Waals surface area contributed by atoms with Gasteiger partial charge >= 0.3 is 0 Å². The van der Waals surface area contributed by atoms with Gasteiger partial charge in [-0.25, -0.2) is 5.10 Å². The molecule has 0 aliphatic rings. The summed E-state index contributed by atoms with van der Waals surface area (Å²) in [7, 11) is 1.60. The Balaban J connectivity index is 1.95. The molecule has 0 radical (unpaired) electrons. The van der Waals surface area contributed by atoms with Gasteiger partial charge in [-0.05, 0) is 36.0 Å². The molecule has 0 saturated carbocycles. The Hall–Kier alpha value is -2.70. The van der Waals surface area contributed by atoms with Crippen molar-refractivity contribution in [3.05, 3.63) is 70.0 Å². The number of rotatable bonds is 5. The molecule has 2 aromatic carbocycles. The molecule has 0 atom stereocenters. The molecule has 5 nitrogen and oxygen atoms in total. The van der Waals surface area contributed by atoms with Crippen LogP contribution in [-0.4, -0.2) is 28.2 Å². The molecule has 0 spiro atoms. The highest BCUT2D eigenvalue weighted by Gasteiger charge is 2.12. The summed E-state index contributed by atoms with van der Waals surface area (Å²) in [6.45, 7) is 0. The molecule has 0 aliphatic carbocycles. The Morgan fingerprint density at radius 2 is 1.92 bits per heavy atom. The minimum Gasteiger partial charge on any atom is -0.496 e. The quantitative estimate of drug-likeness (QED) is 0.521. The minimum atomic E-state index is 0.362. The number of hydrogen-bond donors (Lipinski definition) is 1. The number of allylic oxidation sites excluding steroid dienone is 1. The Labute approximate surface area is 155 Å². The van der Waals surface area contributed by atoms with Gasteiger partial charge in [-0.2, -0.15) is 14.9 Å². The first-order chi connectivity index (χ1) is 12.2. The third-order valence-electron chi connectivity index (χ3n) is 3.40. The van der Waals surface area contributed by atoms with E-state index in [1.807, 2.05) is 60.7 Å². The van der Waals surface area contributed by atoms with Crippen molar-refractivity contribution in [2.45, 2.75) is 0 Å². The molecule has 0 bridgehead atoms. The van der Waals surface area contributed by atoms with E-state index in [1.54, 1.807) is 7.11 Å². The van der Waals surface area contributed by atoms with Crippen molar-refractivity contribution in [2.75, 3.05) is 7.11 Å². The topological polar surface area (TPSA) is 55.2 Å². The lowest BCUT2D eigenvalue weighted by Crippen LogP contribution is -1.96. The maximum atomic E-state index is 6.25. The second-order valence-electron chi connectivity index (χ2n) is 5.05. The number of hydrogen-bond acceptors (Lipinski definition) is 4. The number of nitrogens with one attached hydrogen (secondary N) is 1. The summed E-state index contributed by atoms with van der Waals surface area (Å²) in [6.07, 6.45) is 3.34. The smallest absolute Gasteiger partial charge is 0.216 e. The number of ether oxygens (including phenoxy) is 1. The molecule has 0 amide bonds. The lowest BCUT2D eigenvalue weighted by Gasteiger charge is -2.06. The van der Waals surface area contributed by atoms with Gasteiger partial charge in [-0.3, -0.25) is 0 Å². The zero-order chi connectivity index (χ0) is 17.6. The molecule has 1 N–H and O–H groups in total. The second kappa shape index (κ2) is 7.92. The number of para-hydroxylation sites is 1. The van der Waals surface area contributed by atoms with Crippen molar-refractivity contribution in [3.63, 3.8) is 0 Å². The van der Waals surface area contributed by atoms with Crippen LogP contribution >= 0.6 is 23.8 Å². The standard InChI is InChI=1S/C18H15ClN4OS/c1-24-16-10-6-5-9-15(16)17-21-22-18(25)23(17)20-12-14(19)11-13-7-3-2-4-8-13/h2-12H,1H3,(H,22,25)/b14-11-,20-12-. The van der Waals surface area contributed by atoms with Gasteiger partial charge in [0.05, 0.1) is 23.9 Å². The average Bonchev–Trinajstić information content (AvgIpc) is 3.01. The molecule has 0 aliphatic heterocycles. The first-order valence-corrected chi connectivity index (χ1v) is 8.25. The van der Waals surface area contributed by atoms with Crippen LogP contribution in [0.1, 0.15) is 5.56 Å². The predicted octanol–water partition coefficient (Wildman–Crippen LogP) is 4.73. The molecule has 0 unspecified atom stereocenters. The van der Waals surface area contributed by atoms with E-state index in [0.29, 0.717) is 21.4 Å². The Kier molecular flexibility index (Phi) is 5.42. The minimum absolute atomic E-state index is 0.362. The molecule has 7 heteroatoms. The van der Waals surface area contributed by atoms with Crippen LogP contribution in [0.25, 0.3) is 17.5 Å². The summed E-state index contributed by atoms with van der Waals surface area (Å²) in [5.74, 6) is 1.22. The maximum Gasteiger partial charge on any atom is 0.216 e. The van der Waals surface area contributed by atoms with E-state index >= 15 is 0 Å². The zero-order valence-electron chi connectivity index (χ0n) is 13.4. The van der Waals surface area contributed by atoms with Crippen LogP contribution in [0.3, 0.4) is 0 Å². The van der Waals surface area contributed by atoms with Crippen molar-refractivity contribution < 1.29 is 4.74 Å². The molecular formula is C18H15ClN4OS. The van der Waals surface area contributed by atoms with Crippen LogP contribution in [-0.2, 0) is 0 Å². The van der Waals surface area contributed by atoms with Crippen LogP contribution < -0.4 is 4.74 Å². The molecular weight excluding hydrogens is 356 g/mol. The first kappa shape index (κ1) is 17.1. The number of halogens is 1. The van der Waals surface area contributed by atoms with Crippen molar-refractivity contribution in [1.29, 1.82) is 0 Å². The predicted molar refractivity (Wildman–Crippen MR) is 104 cm³/mol. The lowest BCUT2D eigenvalue weighted by atomic mass is 10.2. The highest BCUT2D eigenvalue weighted by Crippen LogP contribution is 2.28. The number of nitrogens with zero attached hydrogens (tertiary/aromatic N) is 3. The lowest BCUT2D eigenvalue weighted by molar-refractivity contribution is 0.416. The van der Waals surface area contributed by atoms with Gasteiger partial charge in [0, 0.05) is 0 Å². The number of methoxy groups -OCH3 is 1. The number of aromatic amines is 1. The Morgan fingerprint density at radius 1 is 1.20 bits per heavy atom. The third-order valence-corrected chi connectivity index (χ3v) is 3.87. The summed E-state index contributed by atoms with van der Waals surface area (Å²) in [4.78, 5) is 0. The normalized spacial score (nSPS) is 11.8. The van der Waals surface area contributed by atoms with E-state index in [0.717, 1.165) is 11.1 Å². The van der Waals surface area contributed by atoms with Crippen molar-refractivity contribution in [3.8, 4) is 17.1 Å². The third kappa shape index (κ3) is 4.04. The highest BCUT2D eigenvalue weighted by atomic mass is 35.5. The van der Waals surface area contributed by atoms with Gasteiger partial charge in [0.2, 0.25) is 4.77 Å². The van der Waals surface area contributed by atoms with Crippen molar-refractivity contribution >= 4 is 36.1 Å². The fourth-order valence-corrected chi connectivity index (χ4v) is 2.61. The zero-order valence-corrected chi connectivity index (χ0v) is 15.0. The fraction of sp³-hybridized carbons (Fsp3) is 0.0556. The van der Waals surface area contributed by atoms with E-state index in [9.17, 15) is 0 Å². The van der Waals surface area contributed by atoms with Crippen LogP contribution in [0.2, 0.25) is 0 Å². The SMILES string of the molecule is COc1ccccc1-c1n[nH]c(=S)n1/N=C\C(Cl)=C\c1ccccc1. The van der Waals surface area contributed by atoms with Gasteiger partial charge in [0.15, 0.2) is 5.82 Å². The first-order valence-electron chi connectivity index (χ1n) is 7.46. The molecule has 0 fully saturated rings. The van der Waals surface area contributed by atoms with E-state index < -0.39 is 0 Å². The molecule has 3 aromatic rings. The summed E-state index contributed by atoms with van der Waals surface area (Å²) >= 11 is 11.5. The van der Waals surface area contributed by atoms with Crippen LogP contribution in [0.4, 0.5) is 0 Å². The molecule has 126 valence electrons. The number of benzene rings is 2. The average molecular weight is 371 g/mol. The van der Waals surface area contributed by atoms with Crippen LogP contribution in [0, 0.1) is 4.77 Å². The van der Waals surface area contributed by atoms with Gasteiger partial charge < -0.3 is 4.74 Å². The fourth-order valence-electron chi connectivity index (χ4n) is 2.26. The molecule has 1 aromatic heterocycles. The van der Waals surface area contributed by atoms with E-state index in [-0.39, 0.29) is 0 Å². The largest absolute Gasteiger partial charge is 0.496 e. The number of H-pyrrole nitrogens is 1. The van der Waals surface area contributed by atoms with Gasteiger partial charge in [0.25, 0.3) is 0 Å². The second-order valence-corrected chi connectivity index (χ2v) is 5.87. The summed E-state index contributed by atoms with van der Waals surface area (Å²) in [6, 6.07) is 17.3. The summed E-state index contributed by atoms with van der Waals surface area (Å²) in [5, 5.41) is 11.8. The molecule has 1 heterocycles. The monoisotopic (exact) mass is 370 g/mol. The van der Waals surface area contributed by atoms with Crippen LogP contribution in [0.5, 0.6) is 5.75 Å². The molecule has 25 heavy (non-hydrogen) atoms. The van der Waals surface area contributed by atoms with E-state index in [2.05, 4.69) is 15.3 Å². The molecule has 3 rings (SSSR count). The summed E-state index contributed by atoms with van der Waals surface area (Å²) < 4.78 is 7.25. The Morgan fingerprint density at radius 3 is 2.68 bits per heavy atom. The van der Waals surface area contributed by atoms with Gasteiger partial charge in [0.1, 0.15) is 5.75 Å². The van der Waals surface area contributed by atoms with E-state index in [4.69, 9.17) is 28.6 Å².